The fourth-order valence-electron chi connectivity index (χ4n) is 5.98. The minimum Gasteiger partial charge on any atom is -0.495 e. The lowest BCUT2D eigenvalue weighted by Gasteiger charge is -2.34. The third kappa shape index (κ3) is 9.86. The number of methoxy groups -OCH3 is 1. The molecule has 0 radical (unpaired) electrons. The number of hydrogen-bond donors (Lipinski definition) is 4. The molecule has 1 saturated heterocycles. The van der Waals surface area contributed by atoms with Gasteiger partial charge in [0.15, 0.2) is 0 Å². The van der Waals surface area contributed by atoms with Crippen LogP contribution in [0.3, 0.4) is 0 Å². The molecule has 4 rings (SSSR count). The van der Waals surface area contributed by atoms with Gasteiger partial charge in [-0.3, -0.25) is 14.4 Å². The number of carbonyl (C=O) groups excluding carboxylic acids is 4. The summed E-state index contributed by atoms with van der Waals surface area (Å²) in [6.45, 7) is 11.4. The Morgan fingerprint density at radius 2 is 1.66 bits per heavy atom. The highest BCUT2D eigenvalue weighted by molar-refractivity contribution is 6.32. The van der Waals surface area contributed by atoms with Crippen LogP contribution in [0.25, 0.3) is 0 Å². The minimum atomic E-state index is -1.14. The van der Waals surface area contributed by atoms with Gasteiger partial charge in [0.05, 0.1) is 23.7 Å². The molecule has 2 aliphatic heterocycles. The van der Waals surface area contributed by atoms with Gasteiger partial charge >= 0.3 is 5.97 Å². The van der Waals surface area contributed by atoms with Gasteiger partial charge in [0.2, 0.25) is 17.7 Å². The Bertz CT molecular complexity index is 1560. The SMILES string of the molecule is COc1ccc(C[C@H]2NC(=O)/C=C/C[C@@H](C(C)C3O[C@H]3c3ccc(CN)cc3)OC(=O)[C@H](CC(C)C)NC(=O)C(C)(C)C(C)NC2=O)cc1Cl. The summed E-state index contributed by atoms with van der Waals surface area (Å²) in [6.07, 6.45) is 2.58. The van der Waals surface area contributed by atoms with Gasteiger partial charge in [-0.05, 0) is 68.0 Å². The largest absolute Gasteiger partial charge is 0.495 e. The van der Waals surface area contributed by atoms with Gasteiger partial charge in [-0.1, -0.05) is 68.8 Å². The molecule has 12 heteroatoms. The van der Waals surface area contributed by atoms with Gasteiger partial charge in [-0.25, -0.2) is 4.79 Å². The summed E-state index contributed by atoms with van der Waals surface area (Å²) in [7, 11) is 1.51. The van der Waals surface area contributed by atoms with Crippen molar-refractivity contribution in [1.29, 1.82) is 0 Å². The van der Waals surface area contributed by atoms with Crippen molar-refractivity contribution >= 4 is 35.3 Å². The lowest BCUT2D eigenvalue weighted by molar-refractivity contribution is -0.157. The second-order valence-corrected chi connectivity index (χ2v) is 14.7. The highest BCUT2D eigenvalue weighted by atomic mass is 35.5. The van der Waals surface area contributed by atoms with E-state index >= 15 is 0 Å². The summed E-state index contributed by atoms with van der Waals surface area (Å²) in [5.41, 5.74) is 7.33. The number of nitrogens with two attached hydrogens (primary N) is 1. The molecule has 2 aliphatic rings. The maximum atomic E-state index is 13.8. The normalized spacial score (nSPS) is 27.4. The Morgan fingerprint density at radius 1 is 0.980 bits per heavy atom. The fraction of sp³-hybridized carbons (Fsp3) is 0.526. The first-order valence-electron chi connectivity index (χ1n) is 17.2. The number of ether oxygens (including phenoxy) is 3. The zero-order valence-electron chi connectivity index (χ0n) is 30.0. The molecule has 2 heterocycles. The second-order valence-electron chi connectivity index (χ2n) is 14.3. The summed E-state index contributed by atoms with van der Waals surface area (Å²) in [5, 5.41) is 9.01. The van der Waals surface area contributed by atoms with Gasteiger partial charge in [0, 0.05) is 31.3 Å². The molecule has 11 nitrogen and oxygen atoms in total. The van der Waals surface area contributed by atoms with Gasteiger partial charge in [-0.2, -0.15) is 0 Å². The zero-order valence-corrected chi connectivity index (χ0v) is 30.7. The lowest BCUT2D eigenvalue weighted by atomic mass is 9.83. The van der Waals surface area contributed by atoms with E-state index < -0.39 is 53.3 Å². The maximum absolute atomic E-state index is 13.8. The Kier molecular flexibility index (Phi) is 13.1. The summed E-state index contributed by atoms with van der Waals surface area (Å²) >= 11 is 6.35. The average Bonchev–Trinajstić information content (AvgIpc) is 3.87. The van der Waals surface area contributed by atoms with Crippen molar-refractivity contribution in [3.63, 3.8) is 0 Å². The third-order valence-electron chi connectivity index (χ3n) is 9.69. The van der Waals surface area contributed by atoms with E-state index in [0.29, 0.717) is 29.3 Å². The van der Waals surface area contributed by atoms with Crippen LogP contribution >= 0.6 is 11.6 Å². The first-order valence-corrected chi connectivity index (χ1v) is 17.6. The quantitative estimate of drug-likeness (QED) is 0.218. The first-order chi connectivity index (χ1) is 23.6. The highest BCUT2D eigenvalue weighted by Gasteiger charge is 2.48. The topological polar surface area (TPSA) is 161 Å². The number of benzene rings is 2. The van der Waals surface area contributed by atoms with Crippen LogP contribution in [0.2, 0.25) is 5.02 Å². The molecule has 0 bridgehead atoms. The van der Waals surface area contributed by atoms with Gasteiger partial charge in [-0.15, -0.1) is 0 Å². The Labute approximate surface area is 300 Å². The Morgan fingerprint density at radius 3 is 2.28 bits per heavy atom. The van der Waals surface area contributed by atoms with Gasteiger partial charge in [0.25, 0.3) is 0 Å². The predicted molar refractivity (Wildman–Crippen MR) is 191 cm³/mol. The van der Waals surface area contributed by atoms with Gasteiger partial charge in [0.1, 0.15) is 30.0 Å². The molecule has 7 atom stereocenters. The van der Waals surface area contributed by atoms with E-state index in [4.69, 9.17) is 31.5 Å². The molecule has 5 N–H and O–H groups in total. The van der Waals surface area contributed by atoms with E-state index in [0.717, 1.165) is 11.1 Å². The van der Waals surface area contributed by atoms with Crippen LogP contribution in [-0.4, -0.2) is 61.1 Å². The average molecular weight is 711 g/mol. The number of rotatable bonds is 9. The predicted octanol–water partition coefficient (Wildman–Crippen LogP) is 4.54. The van der Waals surface area contributed by atoms with E-state index in [-0.39, 0.29) is 36.9 Å². The van der Waals surface area contributed by atoms with Crippen molar-refractivity contribution in [2.24, 2.45) is 23.0 Å². The number of amides is 3. The second kappa shape index (κ2) is 16.9. The number of halogens is 1. The smallest absolute Gasteiger partial charge is 0.328 e. The Balaban J connectivity index is 1.63. The maximum Gasteiger partial charge on any atom is 0.328 e. The molecule has 1 fully saturated rings. The summed E-state index contributed by atoms with van der Waals surface area (Å²) in [4.78, 5) is 54.5. The van der Waals surface area contributed by atoms with Crippen molar-refractivity contribution < 1.29 is 33.4 Å². The van der Waals surface area contributed by atoms with Crippen molar-refractivity contribution in [2.45, 2.75) is 104 Å². The molecule has 0 aromatic heterocycles. The van der Waals surface area contributed by atoms with E-state index in [9.17, 15) is 19.2 Å². The van der Waals surface area contributed by atoms with Crippen molar-refractivity contribution in [3.8, 4) is 5.75 Å². The van der Waals surface area contributed by atoms with Crippen LogP contribution < -0.4 is 26.4 Å². The van der Waals surface area contributed by atoms with E-state index in [2.05, 4.69) is 16.0 Å². The number of cyclic esters (lactones) is 1. The third-order valence-corrected chi connectivity index (χ3v) is 9.99. The minimum absolute atomic E-state index is 0.0676. The van der Waals surface area contributed by atoms with Crippen LogP contribution in [0.4, 0.5) is 0 Å². The van der Waals surface area contributed by atoms with Crippen molar-refractivity contribution in [2.75, 3.05) is 7.11 Å². The molecule has 3 amide bonds. The summed E-state index contributed by atoms with van der Waals surface area (Å²) < 4.78 is 17.5. The van der Waals surface area contributed by atoms with Crippen molar-refractivity contribution in [1.82, 2.24) is 16.0 Å². The molecule has 272 valence electrons. The molecule has 3 unspecified atom stereocenters. The molecule has 0 aliphatic carbocycles. The Hall–Kier alpha value is -3.93. The number of hydrogen-bond acceptors (Lipinski definition) is 8. The molecular formula is C38H51ClN4O7. The monoisotopic (exact) mass is 710 g/mol. The van der Waals surface area contributed by atoms with Crippen LogP contribution in [0, 0.1) is 17.3 Å². The number of epoxide rings is 1. The van der Waals surface area contributed by atoms with E-state index in [1.807, 2.05) is 45.0 Å². The lowest BCUT2D eigenvalue weighted by Crippen LogP contribution is -2.58. The van der Waals surface area contributed by atoms with Crippen LogP contribution in [0.15, 0.2) is 54.6 Å². The van der Waals surface area contributed by atoms with E-state index in [1.165, 1.54) is 13.2 Å². The number of carbonyl (C=O) groups is 4. The van der Waals surface area contributed by atoms with Gasteiger partial charge < -0.3 is 35.9 Å². The van der Waals surface area contributed by atoms with Crippen LogP contribution in [0.5, 0.6) is 5.75 Å². The van der Waals surface area contributed by atoms with Crippen LogP contribution in [0.1, 0.15) is 77.2 Å². The first kappa shape index (κ1) is 38.9. The standard InChI is InChI=1S/C38H51ClN4O7/c1-21(2)17-29-36(46)49-30(22(3)33-34(50-33)26-14-11-24(20-40)12-15-26)9-8-10-32(44)42-28(19-25-13-16-31(48-7)27(39)18-25)35(45)41-23(4)38(5,6)37(47)43-29/h8,10-16,18,21-23,28-30,33-34H,9,17,19-20,40H2,1-7H3,(H,41,45)(H,42,44)(H,43,47)/b10-8+/t22?,23?,28-,29+,30+,33?,34+/m1/s1. The molecule has 0 spiro atoms. The molecule has 2 aromatic rings. The summed E-state index contributed by atoms with van der Waals surface area (Å²) in [5.74, 6) is -1.66. The molecule has 2 aromatic carbocycles. The summed E-state index contributed by atoms with van der Waals surface area (Å²) in [6, 6.07) is 10.5. The fourth-order valence-corrected chi connectivity index (χ4v) is 6.26. The zero-order chi connectivity index (χ0) is 36.7. The number of nitrogens with one attached hydrogen (secondary N) is 3. The van der Waals surface area contributed by atoms with Crippen LogP contribution in [-0.2, 0) is 41.6 Å². The van der Waals surface area contributed by atoms with E-state index in [1.54, 1.807) is 45.0 Å². The number of esters is 1. The highest BCUT2D eigenvalue weighted by Crippen LogP contribution is 2.45. The molecular weight excluding hydrogens is 660 g/mol. The van der Waals surface area contributed by atoms with Crippen molar-refractivity contribution in [3.05, 3.63) is 76.3 Å². The molecule has 0 saturated carbocycles. The molecule has 50 heavy (non-hydrogen) atoms.